The summed E-state index contributed by atoms with van der Waals surface area (Å²) < 4.78 is 19.1. The van der Waals surface area contributed by atoms with E-state index < -0.39 is 0 Å². The third-order valence-electron chi connectivity index (χ3n) is 3.26. The van der Waals surface area contributed by atoms with Gasteiger partial charge in [-0.1, -0.05) is 17.9 Å². The Kier molecular flexibility index (Phi) is 5.90. The zero-order chi connectivity index (χ0) is 14.4. The number of hydrogen-bond acceptors (Lipinski definition) is 3. The van der Waals surface area contributed by atoms with Gasteiger partial charge in [-0.3, -0.25) is 0 Å². The Morgan fingerprint density at radius 3 is 3.05 bits per heavy atom. The molecule has 0 spiro atoms. The van der Waals surface area contributed by atoms with Crippen LogP contribution in [0.2, 0.25) is 0 Å². The molecule has 2 atom stereocenters. The van der Waals surface area contributed by atoms with Gasteiger partial charge in [-0.15, -0.1) is 0 Å². The molecule has 108 valence electrons. The maximum Gasteiger partial charge on any atom is 0.138 e. The Morgan fingerprint density at radius 2 is 2.35 bits per heavy atom. The van der Waals surface area contributed by atoms with Gasteiger partial charge in [0.15, 0.2) is 0 Å². The van der Waals surface area contributed by atoms with Crippen LogP contribution in [0.4, 0.5) is 4.39 Å². The second kappa shape index (κ2) is 7.68. The molecule has 1 heterocycles. The van der Waals surface area contributed by atoms with Crippen LogP contribution >= 0.6 is 11.8 Å². The van der Waals surface area contributed by atoms with Crippen LogP contribution < -0.4 is 0 Å². The number of benzene rings is 1. The molecule has 1 aliphatic rings. The van der Waals surface area contributed by atoms with Crippen molar-refractivity contribution in [2.45, 2.75) is 36.9 Å². The summed E-state index contributed by atoms with van der Waals surface area (Å²) in [7, 11) is 0. The third-order valence-corrected chi connectivity index (χ3v) is 4.81. The fourth-order valence-corrected chi connectivity index (χ4v) is 3.30. The molecule has 0 amide bonds. The smallest absolute Gasteiger partial charge is 0.138 e. The number of thioether (sulfide) groups is 1. The van der Waals surface area contributed by atoms with Gasteiger partial charge in [0, 0.05) is 24.0 Å². The standard InChI is InChI=1S/C16H19FO2S/c1-12-16(7-9-19-12)20-11-13-5-6-15(17)14(10-13)4-2-3-8-18/h5-6,10,12,16,18H,3,7-9,11H2,1H3. The van der Waals surface area contributed by atoms with Crippen molar-refractivity contribution in [3.8, 4) is 11.8 Å². The molecule has 1 aromatic carbocycles. The highest BCUT2D eigenvalue weighted by atomic mass is 32.2. The van der Waals surface area contributed by atoms with Crippen molar-refractivity contribution in [1.29, 1.82) is 0 Å². The van der Waals surface area contributed by atoms with Gasteiger partial charge in [-0.05, 0) is 31.0 Å². The Balaban J connectivity index is 1.98. The topological polar surface area (TPSA) is 29.5 Å². The molecule has 0 radical (unpaired) electrons. The quantitative estimate of drug-likeness (QED) is 0.866. The minimum atomic E-state index is -0.304. The van der Waals surface area contributed by atoms with Crippen molar-refractivity contribution < 1.29 is 14.2 Å². The van der Waals surface area contributed by atoms with E-state index in [-0.39, 0.29) is 12.4 Å². The second-order valence-electron chi connectivity index (χ2n) is 4.80. The van der Waals surface area contributed by atoms with E-state index >= 15 is 0 Å². The highest BCUT2D eigenvalue weighted by molar-refractivity contribution is 7.99. The number of aliphatic hydroxyl groups is 1. The molecule has 2 unspecified atom stereocenters. The average Bonchev–Trinajstić information content (AvgIpc) is 2.85. The summed E-state index contributed by atoms with van der Waals surface area (Å²) in [6.45, 7) is 2.94. The monoisotopic (exact) mass is 294 g/mol. The van der Waals surface area contributed by atoms with E-state index in [4.69, 9.17) is 9.84 Å². The maximum absolute atomic E-state index is 13.6. The van der Waals surface area contributed by atoms with E-state index in [2.05, 4.69) is 18.8 Å². The van der Waals surface area contributed by atoms with Crippen LogP contribution in [0, 0.1) is 17.7 Å². The lowest BCUT2D eigenvalue weighted by Gasteiger charge is -2.13. The average molecular weight is 294 g/mol. The van der Waals surface area contributed by atoms with Gasteiger partial charge >= 0.3 is 0 Å². The second-order valence-corrected chi connectivity index (χ2v) is 6.03. The number of halogens is 1. The molecule has 1 aliphatic heterocycles. The van der Waals surface area contributed by atoms with E-state index in [1.165, 1.54) is 6.07 Å². The minimum absolute atomic E-state index is 0.00370. The molecule has 0 bridgehead atoms. The van der Waals surface area contributed by atoms with Gasteiger partial charge in [0.05, 0.1) is 18.3 Å². The molecule has 1 aromatic rings. The summed E-state index contributed by atoms with van der Waals surface area (Å²) in [5.41, 5.74) is 1.48. The lowest BCUT2D eigenvalue weighted by atomic mass is 10.1. The Bertz CT molecular complexity index is 507. The lowest BCUT2D eigenvalue weighted by molar-refractivity contribution is 0.127. The molecular weight excluding hydrogens is 275 g/mol. The molecule has 1 N–H and O–H groups in total. The zero-order valence-electron chi connectivity index (χ0n) is 11.6. The van der Waals surface area contributed by atoms with Crippen molar-refractivity contribution >= 4 is 11.8 Å². The summed E-state index contributed by atoms with van der Waals surface area (Å²) in [6.07, 6.45) is 1.75. The molecule has 1 saturated heterocycles. The predicted octanol–water partition coefficient (Wildman–Crippen LogP) is 2.97. The van der Waals surface area contributed by atoms with Crippen LogP contribution in [0.15, 0.2) is 18.2 Å². The van der Waals surface area contributed by atoms with Crippen LogP contribution in [0.5, 0.6) is 0 Å². The highest BCUT2D eigenvalue weighted by Gasteiger charge is 2.24. The summed E-state index contributed by atoms with van der Waals surface area (Å²) in [5, 5.41) is 9.20. The van der Waals surface area contributed by atoms with E-state index in [0.29, 0.717) is 23.3 Å². The molecule has 20 heavy (non-hydrogen) atoms. The van der Waals surface area contributed by atoms with Crippen molar-refractivity contribution in [3.05, 3.63) is 35.1 Å². The third kappa shape index (κ3) is 4.24. The van der Waals surface area contributed by atoms with Gasteiger partial charge in [-0.2, -0.15) is 11.8 Å². The normalized spacial score (nSPS) is 21.6. The number of aliphatic hydroxyl groups excluding tert-OH is 1. The molecule has 2 nitrogen and oxygen atoms in total. The van der Waals surface area contributed by atoms with Crippen LogP contribution in [0.3, 0.4) is 0 Å². The fourth-order valence-electron chi connectivity index (χ4n) is 2.11. The van der Waals surface area contributed by atoms with E-state index in [9.17, 15) is 4.39 Å². The van der Waals surface area contributed by atoms with Gasteiger partial charge in [0.25, 0.3) is 0 Å². The summed E-state index contributed by atoms with van der Waals surface area (Å²) in [6, 6.07) is 5.07. The molecular formula is C16H19FO2S. The van der Waals surface area contributed by atoms with E-state index in [0.717, 1.165) is 24.3 Å². The highest BCUT2D eigenvalue weighted by Crippen LogP contribution is 2.29. The maximum atomic E-state index is 13.6. The van der Waals surface area contributed by atoms with Crippen LogP contribution in [0.1, 0.15) is 30.9 Å². The van der Waals surface area contributed by atoms with Gasteiger partial charge in [0.1, 0.15) is 5.82 Å². The molecule has 0 aliphatic carbocycles. The molecule has 0 saturated carbocycles. The minimum Gasteiger partial charge on any atom is -0.395 e. The molecule has 2 rings (SSSR count). The van der Waals surface area contributed by atoms with Crippen molar-refractivity contribution in [2.24, 2.45) is 0 Å². The number of hydrogen-bond donors (Lipinski definition) is 1. The summed E-state index contributed by atoms with van der Waals surface area (Å²) >= 11 is 1.85. The first-order chi connectivity index (χ1) is 9.70. The van der Waals surface area contributed by atoms with Gasteiger partial charge < -0.3 is 9.84 Å². The Morgan fingerprint density at radius 1 is 1.50 bits per heavy atom. The van der Waals surface area contributed by atoms with E-state index in [1.54, 1.807) is 12.1 Å². The van der Waals surface area contributed by atoms with Crippen molar-refractivity contribution in [1.82, 2.24) is 0 Å². The first-order valence-electron chi connectivity index (χ1n) is 6.82. The summed E-state index contributed by atoms with van der Waals surface area (Å²) in [4.78, 5) is 0. The van der Waals surface area contributed by atoms with Gasteiger partial charge in [-0.25, -0.2) is 4.39 Å². The number of rotatable bonds is 4. The molecule has 1 fully saturated rings. The Labute approximate surface area is 123 Å². The van der Waals surface area contributed by atoms with Gasteiger partial charge in [0.2, 0.25) is 0 Å². The largest absolute Gasteiger partial charge is 0.395 e. The lowest BCUT2D eigenvalue weighted by Crippen LogP contribution is -2.13. The zero-order valence-corrected chi connectivity index (χ0v) is 12.4. The predicted molar refractivity (Wildman–Crippen MR) is 80.1 cm³/mol. The number of ether oxygens (including phenoxy) is 1. The molecule has 0 aromatic heterocycles. The Hall–Kier alpha value is -1.02. The van der Waals surface area contributed by atoms with E-state index in [1.807, 2.05) is 11.8 Å². The van der Waals surface area contributed by atoms with Crippen LogP contribution in [0.25, 0.3) is 0 Å². The SMILES string of the molecule is CC1OCCC1SCc1ccc(F)c(C#CCCO)c1. The summed E-state index contributed by atoms with van der Waals surface area (Å²) in [5.74, 6) is 6.07. The van der Waals surface area contributed by atoms with Crippen LogP contribution in [-0.4, -0.2) is 29.7 Å². The first kappa shape index (κ1) is 15.4. The fraction of sp³-hybridized carbons (Fsp3) is 0.500. The van der Waals surface area contributed by atoms with Crippen LogP contribution in [-0.2, 0) is 10.5 Å². The first-order valence-corrected chi connectivity index (χ1v) is 7.87. The van der Waals surface area contributed by atoms with Crippen molar-refractivity contribution in [2.75, 3.05) is 13.2 Å². The van der Waals surface area contributed by atoms with Crippen molar-refractivity contribution in [3.63, 3.8) is 0 Å². The molecule has 4 heteroatoms.